The van der Waals surface area contributed by atoms with E-state index in [0.717, 1.165) is 23.0 Å². The number of nitrogens with one attached hydrogen (secondary N) is 1. The Morgan fingerprint density at radius 2 is 2.24 bits per heavy atom. The van der Waals surface area contributed by atoms with Crippen molar-refractivity contribution in [2.45, 2.75) is 19.4 Å². The van der Waals surface area contributed by atoms with Gasteiger partial charge in [0, 0.05) is 29.6 Å². The van der Waals surface area contributed by atoms with Crippen molar-refractivity contribution in [1.29, 1.82) is 0 Å². The lowest BCUT2D eigenvalue weighted by Gasteiger charge is -2.08. The molecule has 2 heterocycles. The molecule has 0 aliphatic carbocycles. The number of H-pyrrole nitrogens is 1. The summed E-state index contributed by atoms with van der Waals surface area (Å²) in [7, 11) is 1.66. The number of benzene rings is 1. The molecule has 21 heavy (non-hydrogen) atoms. The third-order valence-corrected chi connectivity index (χ3v) is 4.39. The Bertz CT molecular complexity index is 771. The van der Waals surface area contributed by atoms with Gasteiger partial charge in [-0.25, -0.2) is 4.98 Å². The molecule has 1 aromatic carbocycles. The first-order chi connectivity index (χ1) is 10.2. The summed E-state index contributed by atoms with van der Waals surface area (Å²) in [5.74, 6) is -0.0466. The highest BCUT2D eigenvalue weighted by molar-refractivity contribution is 7.12. The van der Waals surface area contributed by atoms with Gasteiger partial charge in [0.15, 0.2) is 5.01 Å². The molecule has 3 aromatic rings. The number of para-hydroxylation sites is 1. The molecule has 0 aliphatic heterocycles. The molecular weight excluding hydrogens is 284 g/mol. The number of methoxy groups -OCH3 is 1. The van der Waals surface area contributed by atoms with Crippen LogP contribution < -0.4 is 0 Å². The van der Waals surface area contributed by atoms with E-state index in [1.807, 2.05) is 36.6 Å². The number of ketones is 1. The third-order valence-electron chi connectivity index (χ3n) is 3.54. The van der Waals surface area contributed by atoms with Crippen LogP contribution in [0, 0.1) is 0 Å². The lowest BCUT2D eigenvalue weighted by molar-refractivity contribution is 0.0962. The van der Waals surface area contributed by atoms with Gasteiger partial charge in [-0.1, -0.05) is 25.1 Å². The molecule has 0 bridgehead atoms. The van der Waals surface area contributed by atoms with Crippen molar-refractivity contribution in [2.24, 2.45) is 0 Å². The predicted molar refractivity (Wildman–Crippen MR) is 83.9 cm³/mol. The number of aromatic nitrogens is 2. The van der Waals surface area contributed by atoms with Gasteiger partial charge in [-0.2, -0.15) is 0 Å². The van der Waals surface area contributed by atoms with Crippen molar-refractivity contribution in [3.63, 3.8) is 0 Å². The zero-order chi connectivity index (χ0) is 14.8. The minimum absolute atomic E-state index is 0.0466. The van der Waals surface area contributed by atoms with Crippen molar-refractivity contribution in [1.82, 2.24) is 9.97 Å². The molecule has 0 saturated carbocycles. The number of ether oxygens (including phenoxy) is 1. The SMILES string of the molecule is CC[C@@H](OC)c1csc(C(=O)c2c[nH]c3ccccc23)n1. The van der Waals surface area contributed by atoms with Crippen LogP contribution in [-0.4, -0.2) is 22.9 Å². The van der Waals surface area contributed by atoms with Crippen molar-refractivity contribution in [3.05, 3.63) is 52.1 Å². The third kappa shape index (κ3) is 2.50. The Hall–Kier alpha value is -1.98. The fourth-order valence-electron chi connectivity index (χ4n) is 2.41. The fourth-order valence-corrected chi connectivity index (χ4v) is 3.22. The summed E-state index contributed by atoms with van der Waals surface area (Å²) in [6, 6.07) is 7.77. The van der Waals surface area contributed by atoms with Crippen molar-refractivity contribution < 1.29 is 9.53 Å². The van der Waals surface area contributed by atoms with Crippen LogP contribution in [0.2, 0.25) is 0 Å². The molecule has 0 unspecified atom stereocenters. The average Bonchev–Trinajstić information content (AvgIpc) is 3.15. The van der Waals surface area contributed by atoms with Crippen molar-refractivity contribution >= 4 is 28.0 Å². The number of thiazole rings is 1. The van der Waals surface area contributed by atoms with E-state index >= 15 is 0 Å². The average molecular weight is 300 g/mol. The summed E-state index contributed by atoms with van der Waals surface area (Å²) in [4.78, 5) is 20.2. The van der Waals surface area contributed by atoms with E-state index < -0.39 is 0 Å². The number of rotatable bonds is 5. The maximum atomic E-state index is 12.6. The second-order valence-electron chi connectivity index (χ2n) is 4.79. The molecule has 1 atom stereocenters. The zero-order valence-corrected chi connectivity index (χ0v) is 12.7. The summed E-state index contributed by atoms with van der Waals surface area (Å²) in [6.45, 7) is 2.04. The van der Waals surface area contributed by atoms with Gasteiger partial charge in [-0.15, -0.1) is 11.3 Å². The van der Waals surface area contributed by atoms with E-state index in [1.165, 1.54) is 11.3 Å². The molecule has 3 rings (SSSR count). The van der Waals surface area contributed by atoms with Gasteiger partial charge in [0.2, 0.25) is 5.78 Å². The van der Waals surface area contributed by atoms with Gasteiger partial charge in [0.1, 0.15) is 0 Å². The maximum absolute atomic E-state index is 12.6. The Kier molecular flexibility index (Phi) is 3.86. The second-order valence-corrected chi connectivity index (χ2v) is 5.65. The molecule has 0 amide bonds. The quantitative estimate of drug-likeness (QED) is 0.726. The molecular formula is C16H16N2O2S. The van der Waals surface area contributed by atoms with Crippen LogP contribution in [0.1, 0.15) is 40.5 Å². The molecule has 5 heteroatoms. The number of fused-ring (bicyclic) bond motifs is 1. The highest BCUT2D eigenvalue weighted by atomic mass is 32.1. The zero-order valence-electron chi connectivity index (χ0n) is 11.9. The first kappa shape index (κ1) is 14.0. The number of aromatic amines is 1. The normalized spacial score (nSPS) is 12.7. The van der Waals surface area contributed by atoms with Gasteiger partial charge < -0.3 is 9.72 Å². The molecule has 1 N–H and O–H groups in total. The van der Waals surface area contributed by atoms with Crippen molar-refractivity contribution in [3.8, 4) is 0 Å². The maximum Gasteiger partial charge on any atom is 0.223 e. The van der Waals surface area contributed by atoms with E-state index in [2.05, 4.69) is 9.97 Å². The van der Waals surface area contributed by atoms with E-state index in [0.29, 0.717) is 10.6 Å². The largest absolute Gasteiger partial charge is 0.375 e. The minimum Gasteiger partial charge on any atom is -0.375 e. The smallest absolute Gasteiger partial charge is 0.223 e. The number of hydrogen-bond acceptors (Lipinski definition) is 4. The summed E-state index contributed by atoms with van der Waals surface area (Å²) >= 11 is 1.37. The fraction of sp³-hybridized carbons (Fsp3) is 0.250. The van der Waals surface area contributed by atoms with Crippen molar-refractivity contribution in [2.75, 3.05) is 7.11 Å². The number of carbonyl (C=O) groups excluding carboxylic acids is 1. The monoisotopic (exact) mass is 300 g/mol. The van der Waals surface area contributed by atoms with Gasteiger partial charge in [-0.3, -0.25) is 4.79 Å². The van der Waals surface area contributed by atoms with E-state index in [4.69, 9.17) is 4.74 Å². The number of carbonyl (C=O) groups is 1. The lowest BCUT2D eigenvalue weighted by atomic mass is 10.1. The molecule has 0 radical (unpaired) electrons. The summed E-state index contributed by atoms with van der Waals surface area (Å²) < 4.78 is 5.37. The van der Waals surface area contributed by atoms with Gasteiger partial charge >= 0.3 is 0 Å². The van der Waals surface area contributed by atoms with Crippen LogP contribution in [0.25, 0.3) is 10.9 Å². The summed E-state index contributed by atoms with van der Waals surface area (Å²) in [5, 5.41) is 3.34. The van der Waals surface area contributed by atoms with Gasteiger partial charge in [-0.05, 0) is 12.5 Å². The van der Waals surface area contributed by atoms with Crippen LogP contribution in [0.15, 0.2) is 35.8 Å². The van der Waals surface area contributed by atoms with E-state index in [1.54, 1.807) is 13.3 Å². The Labute approximate surface area is 126 Å². The highest BCUT2D eigenvalue weighted by Crippen LogP contribution is 2.26. The van der Waals surface area contributed by atoms with Crippen LogP contribution in [0.3, 0.4) is 0 Å². The van der Waals surface area contributed by atoms with Crippen LogP contribution in [0.5, 0.6) is 0 Å². The molecule has 0 spiro atoms. The number of hydrogen-bond donors (Lipinski definition) is 1. The molecule has 108 valence electrons. The summed E-state index contributed by atoms with van der Waals surface area (Å²) in [5.41, 5.74) is 2.45. The van der Waals surface area contributed by atoms with E-state index in [-0.39, 0.29) is 11.9 Å². The first-order valence-electron chi connectivity index (χ1n) is 6.83. The minimum atomic E-state index is -0.0502. The molecule has 2 aromatic heterocycles. The van der Waals surface area contributed by atoms with Crippen LogP contribution in [0.4, 0.5) is 0 Å². The Morgan fingerprint density at radius 1 is 1.43 bits per heavy atom. The molecule has 0 aliphatic rings. The topological polar surface area (TPSA) is 55.0 Å². The Morgan fingerprint density at radius 3 is 3.00 bits per heavy atom. The molecule has 0 fully saturated rings. The van der Waals surface area contributed by atoms with E-state index in [9.17, 15) is 4.79 Å². The van der Waals surface area contributed by atoms with Crippen LogP contribution >= 0.6 is 11.3 Å². The highest BCUT2D eigenvalue weighted by Gasteiger charge is 2.19. The Balaban J connectivity index is 1.95. The lowest BCUT2D eigenvalue weighted by Crippen LogP contribution is -2.03. The standard InChI is InChI=1S/C16H16N2O2S/c1-3-14(20-2)13-9-21-16(18-13)15(19)11-8-17-12-7-5-4-6-10(11)12/h4-9,14,17H,3H2,1-2H3/t14-/m1/s1. The number of nitrogens with zero attached hydrogens (tertiary/aromatic N) is 1. The molecule has 4 nitrogen and oxygen atoms in total. The summed E-state index contributed by atoms with van der Waals surface area (Å²) in [6.07, 6.45) is 2.54. The predicted octanol–water partition coefficient (Wildman–Crippen LogP) is 3.95. The first-order valence-corrected chi connectivity index (χ1v) is 7.71. The van der Waals surface area contributed by atoms with Gasteiger partial charge in [0.25, 0.3) is 0 Å². The van der Waals surface area contributed by atoms with Gasteiger partial charge in [0.05, 0.1) is 17.4 Å². The van der Waals surface area contributed by atoms with Crippen LogP contribution in [-0.2, 0) is 4.74 Å². The second kappa shape index (κ2) is 5.79. The molecule has 0 saturated heterocycles.